The smallest absolute Gasteiger partial charge is 0.261 e. The van der Waals surface area contributed by atoms with Crippen molar-refractivity contribution in [2.24, 2.45) is 0 Å². The van der Waals surface area contributed by atoms with Gasteiger partial charge >= 0.3 is 0 Å². The Morgan fingerprint density at radius 1 is 1.05 bits per heavy atom. The van der Waals surface area contributed by atoms with Crippen LogP contribution in [-0.4, -0.2) is 8.42 Å². The van der Waals surface area contributed by atoms with E-state index in [1.807, 2.05) is 19.9 Å². The molecule has 0 saturated carbocycles. The summed E-state index contributed by atoms with van der Waals surface area (Å²) < 4.78 is 39.9. The molecule has 106 valence electrons. The summed E-state index contributed by atoms with van der Waals surface area (Å²) >= 11 is 0. The molecule has 0 fully saturated rings. The molecule has 2 rings (SSSR count). The zero-order chi connectivity index (χ0) is 14.8. The molecular weight excluding hydrogens is 277 g/mol. The topological polar surface area (TPSA) is 46.2 Å². The molecule has 0 unspecified atom stereocenters. The van der Waals surface area contributed by atoms with E-state index in [0.717, 1.165) is 11.6 Å². The van der Waals surface area contributed by atoms with Crippen molar-refractivity contribution in [2.75, 3.05) is 4.72 Å². The van der Waals surface area contributed by atoms with Gasteiger partial charge in [0.2, 0.25) is 0 Å². The summed E-state index contributed by atoms with van der Waals surface area (Å²) in [6, 6.07) is 12.1. The van der Waals surface area contributed by atoms with Gasteiger partial charge in [0.05, 0.1) is 4.90 Å². The van der Waals surface area contributed by atoms with Gasteiger partial charge in [0, 0.05) is 5.69 Å². The third-order valence-corrected chi connectivity index (χ3v) is 4.29. The zero-order valence-electron chi connectivity index (χ0n) is 11.3. The quantitative estimate of drug-likeness (QED) is 0.933. The van der Waals surface area contributed by atoms with Crippen LogP contribution in [0.2, 0.25) is 0 Å². The largest absolute Gasteiger partial charge is 0.280 e. The maximum absolute atomic E-state index is 13.1. The summed E-state index contributed by atoms with van der Waals surface area (Å²) in [6.45, 7) is 4.06. The number of rotatable bonds is 4. The second-order valence-electron chi connectivity index (χ2n) is 4.84. The molecule has 0 amide bonds. The van der Waals surface area contributed by atoms with Gasteiger partial charge in [0.25, 0.3) is 10.0 Å². The van der Waals surface area contributed by atoms with Crippen LogP contribution in [0.1, 0.15) is 25.3 Å². The molecule has 0 bridgehead atoms. The molecule has 5 heteroatoms. The van der Waals surface area contributed by atoms with Gasteiger partial charge in [-0.05, 0) is 41.8 Å². The normalized spacial score (nSPS) is 11.6. The second-order valence-corrected chi connectivity index (χ2v) is 6.53. The van der Waals surface area contributed by atoms with E-state index >= 15 is 0 Å². The Bertz CT molecular complexity index is 711. The van der Waals surface area contributed by atoms with Crippen LogP contribution in [0.5, 0.6) is 0 Å². The highest BCUT2D eigenvalue weighted by Gasteiger charge is 2.15. The van der Waals surface area contributed by atoms with E-state index in [9.17, 15) is 12.8 Å². The van der Waals surface area contributed by atoms with Crippen molar-refractivity contribution in [3.63, 3.8) is 0 Å². The predicted octanol–water partition coefficient (Wildman–Crippen LogP) is 3.75. The van der Waals surface area contributed by atoms with Crippen molar-refractivity contribution < 1.29 is 12.8 Å². The van der Waals surface area contributed by atoms with Crippen molar-refractivity contribution >= 4 is 15.7 Å². The van der Waals surface area contributed by atoms with Gasteiger partial charge in [0.15, 0.2) is 0 Å². The van der Waals surface area contributed by atoms with Crippen LogP contribution >= 0.6 is 0 Å². The number of halogens is 1. The van der Waals surface area contributed by atoms with E-state index in [0.29, 0.717) is 11.6 Å². The van der Waals surface area contributed by atoms with Crippen LogP contribution in [0.4, 0.5) is 10.1 Å². The van der Waals surface area contributed by atoms with Crippen molar-refractivity contribution in [2.45, 2.75) is 24.7 Å². The second kappa shape index (κ2) is 5.63. The van der Waals surface area contributed by atoms with E-state index in [1.165, 1.54) is 18.2 Å². The third kappa shape index (κ3) is 3.36. The minimum absolute atomic E-state index is 0.0903. The van der Waals surface area contributed by atoms with E-state index < -0.39 is 15.8 Å². The van der Waals surface area contributed by atoms with Crippen LogP contribution in [0, 0.1) is 5.82 Å². The minimum Gasteiger partial charge on any atom is -0.280 e. The fourth-order valence-electron chi connectivity index (χ4n) is 1.81. The monoisotopic (exact) mass is 293 g/mol. The molecule has 1 N–H and O–H groups in total. The van der Waals surface area contributed by atoms with Crippen molar-refractivity contribution in [1.82, 2.24) is 0 Å². The molecule has 0 atom stereocenters. The molecule has 0 heterocycles. The average Bonchev–Trinajstić information content (AvgIpc) is 2.38. The maximum Gasteiger partial charge on any atom is 0.261 e. The Morgan fingerprint density at radius 3 is 2.40 bits per heavy atom. The molecule has 20 heavy (non-hydrogen) atoms. The number of hydrogen-bond donors (Lipinski definition) is 1. The van der Waals surface area contributed by atoms with Crippen LogP contribution in [0.25, 0.3) is 0 Å². The standard InChI is InChI=1S/C15H16FNO2S/c1-11(2)12-5-3-7-14(9-12)17-20(18,19)15-8-4-6-13(16)10-15/h3-11,17H,1-2H3. The summed E-state index contributed by atoms with van der Waals surface area (Å²) in [6.07, 6.45) is 0. The van der Waals surface area contributed by atoms with Gasteiger partial charge in [-0.3, -0.25) is 4.72 Å². The molecule has 0 aliphatic rings. The lowest BCUT2D eigenvalue weighted by molar-refractivity contribution is 0.595. The molecule has 2 aromatic rings. The highest BCUT2D eigenvalue weighted by molar-refractivity contribution is 7.92. The first kappa shape index (κ1) is 14.5. The Hall–Kier alpha value is -1.88. The van der Waals surface area contributed by atoms with E-state index in [-0.39, 0.29) is 4.90 Å². The lowest BCUT2D eigenvalue weighted by atomic mass is 10.0. The van der Waals surface area contributed by atoms with E-state index in [1.54, 1.807) is 18.2 Å². The van der Waals surface area contributed by atoms with Crippen LogP contribution in [0.15, 0.2) is 53.4 Å². The molecule has 0 aliphatic carbocycles. The van der Waals surface area contributed by atoms with Gasteiger partial charge in [0.1, 0.15) is 5.82 Å². The lowest BCUT2D eigenvalue weighted by Gasteiger charge is -2.11. The molecule has 3 nitrogen and oxygen atoms in total. The fourth-order valence-corrected chi connectivity index (χ4v) is 2.89. The first-order chi connectivity index (χ1) is 9.38. The van der Waals surface area contributed by atoms with Crippen molar-refractivity contribution in [1.29, 1.82) is 0 Å². The molecule has 2 aromatic carbocycles. The predicted molar refractivity (Wildman–Crippen MR) is 77.7 cm³/mol. The highest BCUT2D eigenvalue weighted by Crippen LogP contribution is 2.21. The first-order valence-electron chi connectivity index (χ1n) is 6.27. The molecule has 0 spiro atoms. The SMILES string of the molecule is CC(C)c1cccc(NS(=O)(=O)c2cccc(F)c2)c1. The summed E-state index contributed by atoms with van der Waals surface area (Å²) in [4.78, 5) is -0.0903. The number of hydrogen-bond acceptors (Lipinski definition) is 2. The summed E-state index contributed by atoms with van der Waals surface area (Å²) in [5, 5.41) is 0. The van der Waals surface area contributed by atoms with Crippen LogP contribution in [-0.2, 0) is 10.0 Å². The van der Waals surface area contributed by atoms with Gasteiger partial charge in [-0.1, -0.05) is 32.0 Å². The van der Waals surface area contributed by atoms with E-state index in [2.05, 4.69) is 4.72 Å². The number of sulfonamides is 1. The van der Waals surface area contributed by atoms with E-state index in [4.69, 9.17) is 0 Å². The first-order valence-corrected chi connectivity index (χ1v) is 7.75. The Morgan fingerprint density at radius 2 is 1.75 bits per heavy atom. The fraction of sp³-hybridized carbons (Fsp3) is 0.200. The number of anilines is 1. The minimum atomic E-state index is -3.77. The third-order valence-electron chi connectivity index (χ3n) is 2.91. The molecule has 0 aromatic heterocycles. The van der Waals surface area contributed by atoms with Crippen molar-refractivity contribution in [3.8, 4) is 0 Å². The average molecular weight is 293 g/mol. The van der Waals surface area contributed by atoms with Gasteiger partial charge in [-0.25, -0.2) is 12.8 Å². The summed E-state index contributed by atoms with van der Waals surface area (Å²) in [5.41, 5.74) is 1.50. The molecule has 0 saturated heterocycles. The van der Waals surface area contributed by atoms with Gasteiger partial charge in [-0.15, -0.1) is 0 Å². The zero-order valence-corrected chi connectivity index (χ0v) is 12.1. The Kier molecular flexibility index (Phi) is 4.09. The summed E-state index contributed by atoms with van der Waals surface area (Å²) in [5.74, 6) is -0.280. The number of benzene rings is 2. The van der Waals surface area contributed by atoms with Gasteiger partial charge < -0.3 is 0 Å². The summed E-state index contributed by atoms with van der Waals surface area (Å²) in [7, 11) is -3.77. The Labute approximate surface area is 118 Å². The lowest BCUT2D eigenvalue weighted by Crippen LogP contribution is -2.13. The highest BCUT2D eigenvalue weighted by atomic mass is 32.2. The van der Waals surface area contributed by atoms with Gasteiger partial charge in [-0.2, -0.15) is 0 Å². The molecule has 0 aliphatic heterocycles. The Balaban J connectivity index is 2.31. The molecular formula is C15H16FNO2S. The van der Waals surface area contributed by atoms with Crippen LogP contribution in [0.3, 0.4) is 0 Å². The maximum atomic E-state index is 13.1. The molecule has 0 radical (unpaired) electrons. The van der Waals surface area contributed by atoms with Crippen LogP contribution < -0.4 is 4.72 Å². The number of nitrogens with one attached hydrogen (secondary N) is 1. The van der Waals surface area contributed by atoms with Crippen molar-refractivity contribution in [3.05, 3.63) is 59.9 Å².